The molecule has 15 heavy (non-hydrogen) atoms. The Kier molecular flexibility index (Phi) is 3.61. The highest BCUT2D eigenvalue weighted by Gasteiger charge is 2.03. The van der Waals surface area contributed by atoms with E-state index >= 15 is 0 Å². The van der Waals surface area contributed by atoms with Gasteiger partial charge in [-0.3, -0.25) is 0 Å². The molecule has 0 spiro atoms. The van der Waals surface area contributed by atoms with Crippen LogP contribution in [0, 0.1) is 0 Å². The van der Waals surface area contributed by atoms with E-state index in [4.69, 9.17) is 16.3 Å². The van der Waals surface area contributed by atoms with E-state index in [-0.39, 0.29) is 0 Å². The summed E-state index contributed by atoms with van der Waals surface area (Å²) < 4.78 is 6.54. The lowest BCUT2D eigenvalue weighted by atomic mass is 10.3. The SMILES string of the molecule is ClCc1csc(Oc2cccc(Br)c2)n1. The van der Waals surface area contributed by atoms with Gasteiger partial charge in [-0.2, -0.15) is 0 Å². The second-order valence-electron chi connectivity index (χ2n) is 2.80. The zero-order chi connectivity index (χ0) is 10.7. The highest BCUT2D eigenvalue weighted by molar-refractivity contribution is 9.10. The van der Waals surface area contributed by atoms with E-state index in [1.807, 2.05) is 29.6 Å². The summed E-state index contributed by atoms with van der Waals surface area (Å²) in [6, 6.07) is 7.63. The van der Waals surface area contributed by atoms with Crippen LogP contribution >= 0.6 is 38.9 Å². The average Bonchev–Trinajstić information content (AvgIpc) is 2.65. The summed E-state index contributed by atoms with van der Waals surface area (Å²) in [7, 11) is 0. The monoisotopic (exact) mass is 303 g/mol. The molecular formula is C10H7BrClNOS. The van der Waals surface area contributed by atoms with Gasteiger partial charge in [0.1, 0.15) is 5.75 Å². The van der Waals surface area contributed by atoms with Crippen molar-refractivity contribution in [1.29, 1.82) is 0 Å². The summed E-state index contributed by atoms with van der Waals surface area (Å²) in [6.07, 6.45) is 0. The van der Waals surface area contributed by atoms with Gasteiger partial charge in [0.2, 0.25) is 0 Å². The predicted molar refractivity (Wildman–Crippen MR) is 65.9 cm³/mol. The fourth-order valence-corrected chi connectivity index (χ4v) is 2.32. The van der Waals surface area contributed by atoms with Crippen LogP contribution < -0.4 is 4.74 Å². The minimum Gasteiger partial charge on any atom is -0.431 e. The molecule has 0 N–H and O–H groups in total. The third-order valence-corrected chi connectivity index (χ3v) is 3.20. The summed E-state index contributed by atoms with van der Waals surface area (Å²) in [5, 5.41) is 2.50. The second-order valence-corrected chi connectivity index (χ2v) is 4.80. The minimum atomic E-state index is 0.415. The lowest BCUT2D eigenvalue weighted by molar-refractivity contribution is 0.477. The molecule has 0 unspecified atom stereocenters. The van der Waals surface area contributed by atoms with Crippen LogP contribution in [-0.2, 0) is 5.88 Å². The highest BCUT2D eigenvalue weighted by atomic mass is 79.9. The van der Waals surface area contributed by atoms with E-state index in [2.05, 4.69) is 20.9 Å². The van der Waals surface area contributed by atoms with E-state index in [0.717, 1.165) is 15.9 Å². The van der Waals surface area contributed by atoms with Crippen LogP contribution in [0.15, 0.2) is 34.1 Å². The van der Waals surface area contributed by atoms with Crippen LogP contribution in [0.5, 0.6) is 10.9 Å². The molecule has 0 aliphatic rings. The molecule has 2 nitrogen and oxygen atoms in total. The van der Waals surface area contributed by atoms with Gasteiger partial charge in [0.25, 0.3) is 5.19 Å². The van der Waals surface area contributed by atoms with Crippen LogP contribution in [-0.4, -0.2) is 4.98 Å². The third kappa shape index (κ3) is 2.93. The summed E-state index contributed by atoms with van der Waals surface area (Å²) in [5.74, 6) is 1.18. The number of thiazole rings is 1. The Morgan fingerprint density at radius 3 is 3.00 bits per heavy atom. The van der Waals surface area contributed by atoms with Crippen LogP contribution in [0.25, 0.3) is 0 Å². The van der Waals surface area contributed by atoms with Crippen LogP contribution in [0.1, 0.15) is 5.69 Å². The number of nitrogens with zero attached hydrogens (tertiary/aromatic N) is 1. The average molecular weight is 305 g/mol. The molecule has 1 aromatic heterocycles. The fraction of sp³-hybridized carbons (Fsp3) is 0.100. The molecule has 0 amide bonds. The van der Waals surface area contributed by atoms with Gasteiger partial charge in [0.15, 0.2) is 0 Å². The summed E-state index contributed by atoms with van der Waals surface area (Å²) in [6.45, 7) is 0. The topological polar surface area (TPSA) is 22.1 Å². The first-order valence-corrected chi connectivity index (χ1v) is 6.42. The molecule has 0 fully saturated rings. The number of hydrogen-bond donors (Lipinski definition) is 0. The van der Waals surface area contributed by atoms with Gasteiger partial charge in [-0.1, -0.05) is 33.3 Å². The van der Waals surface area contributed by atoms with Crippen molar-refractivity contribution in [2.45, 2.75) is 5.88 Å². The highest BCUT2D eigenvalue weighted by Crippen LogP contribution is 2.27. The fourth-order valence-electron chi connectivity index (χ4n) is 1.03. The molecule has 1 aromatic carbocycles. The molecule has 0 saturated carbocycles. The van der Waals surface area contributed by atoms with Gasteiger partial charge < -0.3 is 4.74 Å². The number of halogens is 2. The van der Waals surface area contributed by atoms with Crippen molar-refractivity contribution in [3.05, 3.63) is 39.8 Å². The van der Waals surface area contributed by atoms with Gasteiger partial charge >= 0.3 is 0 Å². The molecule has 0 bridgehead atoms. The summed E-state index contributed by atoms with van der Waals surface area (Å²) in [5.41, 5.74) is 0.840. The van der Waals surface area contributed by atoms with Crippen LogP contribution in [0.4, 0.5) is 0 Å². The molecule has 0 aliphatic heterocycles. The maximum atomic E-state index is 5.65. The summed E-state index contributed by atoms with van der Waals surface area (Å²) in [4.78, 5) is 4.20. The second kappa shape index (κ2) is 4.96. The van der Waals surface area contributed by atoms with E-state index in [9.17, 15) is 0 Å². The van der Waals surface area contributed by atoms with Crippen molar-refractivity contribution in [3.8, 4) is 10.9 Å². The number of aromatic nitrogens is 1. The molecule has 2 aromatic rings. The summed E-state index contributed by atoms with van der Waals surface area (Å²) >= 11 is 10.5. The van der Waals surface area contributed by atoms with E-state index in [1.54, 1.807) is 0 Å². The predicted octanol–water partition coefficient (Wildman–Crippen LogP) is 4.44. The van der Waals surface area contributed by atoms with E-state index in [0.29, 0.717) is 11.1 Å². The molecular weight excluding hydrogens is 298 g/mol. The maximum absolute atomic E-state index is 5.65. The molecule has 1 heterocycles. The first-order valence-electron chi connectivity index (χ1n) is 4.22. The van der Waals surface area contributed by atoms with Gasteiger partial charge in [0.05, 0.1) is 11.6 Å². The number of ether oxygens (including phenoxy) is 1. The third-order valence-electron chi connectivity index (χ3n) is 1.67. The molecule has 0 saturated heterocycles. The Balaban J connectivity index is 2.14. The van der Waals surface area contributed by atoms with Crippen LogP contribution in [0.3, 0.4) is 0 Å². The van der Waals surface area contributed by atoms with E-state index in [1.165, 1.54) is 11.3 Å². The molecule has 5 heteroatoms. The molecule has 78 valence electrons. The lowest BCUT2D eigenvalue weighted by Crippen LogP contribution is -1.83. The van der Waals surface area contributed by atoms with E-state index < -0.39 is 0 Å². The molecule has 0 aliphatic carbocycles. The smallest absolute Gasteiger partial charge is 0.278 e. The van der Waals surface area contributed by atoms with Crippen molar-refractivity contribution < 1.29 is 4.74 Å². The first-order chi connectivity index (χ1) is 7.28. The molecule has 2 rings (SSSR count). The normalized spacial score (nSPS) is 10.3. The largest absolute Gasteiger partial charge is 0.431 e. The molecule has 0 atom stereocenters. The Morgan fingerprint density at radius 1 is 1.47 bits per heavy atom. The Morgan fingerprint density at radius 2 is 2.33 bits per heavy atom. The van der Waals surface area contributed by atoms with Gasteiger partial charge in [0, 0.05) is 9.85 Å². The minimum absolute atomic E-state index is 0.415. The quantitative estimate of drug-likeness (QED) is 0.782. The Bertz CT molecular complexity index is 460. The number of benzene rings is 1. The first kappa shape index (κ1) is 10.9. The zero-order valence-corrected chi connectivity index (χ0v) is 10.8. The Labute approximate surface area is 105 Å². The number of hydrogen-bond acceptors (Lipinski definition) is 3. The number of alkyl halides is 1. The van der Waals surface area contributed by atoms with Gasteiger partial charge in [-0.25, -0.2) is 4.98 Å². The van der Waals surface area contributed by atoms with Crippen molar-refractivity contribution in [3.63, 3.8) is 0 Å². The Hall–Kier alpha value is -0.580. The molecule has 0 radical (unpaired) electrons. The van der Waals surface area contributed by atoms with Gasteiger partial charge in [-0.15, -0.1) is 11.6 Å². The standard InChI is InChI=1S/C10H7BrClNOS/c11-7-2-1-3-9(4-7)14-10-13-8(5-12)6-15-10/h1-4,6H,5H2. The van der Waals surface area contributed by atoms with Crippen molar-refractivity contribution >= 4 is 38.9 Å². The zero-order valence-electron chi connectivity index (χ0n) is 7.61. The maximum Gasteiger partial charge on any atom is 0.278 e. The van der Waals surface area contributed by atoms with Crippen molar-refractivity contribution in [1.82, 2.24) is 4.98 Å². The van der Waals surface area contributed by atoms with Crippen molar-refractivity contribution in [2.75, 3.05) is 0 Å². The number of rotatable bonds is 3. The van der Waals surface area contributed by atoms with Gasteiger partial charge in [-0.05, 0) is 18.2 Å². The van der Waals surface area contributed by atoms with Crippen molar-refractivity contribution in [2.24, 2.45) is 0 Å². The van der Waals surface area contributed by atoms with Crippen LogP contribution in [0.2, 0.25) is 0 Å². The lowest BCUT2D eigenvalue weighted by Gasteiger charge is -2.00.